The number of fused-ring (bicyclic) bond motifs is 1. The van der Waals surface area contributed by atoms with Gasteiger partial charge in [0.1, 0.15) is 16.0 Å². The number of rotatable bonds is 2. The Kier molecular flexibility index (Phi) is 3.19. The molecular weight excluding hydrogens is 288 g/mol. The molecule has 7 heteroatoms. The lowest BCUT2D eigenvalue weighted by Gasteiger charge is -2.05. The van der Waals surface area contributed by atoms with E-state index in [4.69, 9.17) is 12.2 Å². The van der Waals surface area contributed by atoms with Crippen molar-refractivity contribution in [2.45, 2.75) is 6.92 Å². The second kappa shape index (κ2) is 5.02. The van der Waals surface area contributed by atoms with Crippen molar-refractivity contribution in [1.82, 2.24) is 15.0 Å². The molecule has 0 N–H and O–H groups in total. The number of aryl methyl sites for hydroxylation is 1. The van der Waals surface area contributed by atoms with E-state index in [1.165, 1.54) is 16.8 Å². The fourth-order valence-electron chi connectivity index (χ4n) is 1.99. The molecule has 0 amide bonds. The van der Waals surface area contributed by atoms with Crippen LogP contribution in [0.5, 0.6) is 0 Å². The van der Waals surface area contributed by atoms with Crippen molar-refractivity contribution in [2.75, 3.05) is 0 Å². The van der Waals surface area contributed by atoms with Gasteiger partial charge in [-0.15, -0.1) is 5.10 Å². The van der Waals surface area contributed by atoms with E-state index in [-0.39, 0.29) is 5.69 Å². The van der Waals surface area contributed by atoms with Crippen LogP contribution in [-0.2, 0) is 0 Å². The maximum atomic E-state index is 10.9. The van der Waals surface area contributed by atoms with Gasteiger partial charge in [0.15, 0.2) is 0 Å². The summed E-state index contributed by atoms with van der Waals surface area (Å²) in [4.78, 5) is 10.9. The topological polar surface area (TPSA) is 73.8 Å². The summed E-state index contributed by atoms with van der Waals surface area (Å²) in [7, 11) is 0. The Labute approximate surface area is 125 Å². The molecule has 0 bridgehead atoms. The Hall–Kier alpha value is -2.67. The Morgan fingerprint density at radius 2 is 1.95 bits per heavy atom. The summed E-state index contributed by atoms with van der Waals surface area (Å²) in [5.74, 6) is 0. The predicted octanol–water partition coefficient (Wildman–Crippen LogP) is 2.87. The van der Waals surface area contributed by atoms with E-state index in [0.717, 1.165) is 11.1 Å². The van der Waals surface area contributed by atoms with Gasteiger partial charge in [-0.2, -0.15) is 0 Å². The molecule has 1 heterocycles. The molecule has 0 unspecified atom stereocenters. The molecule has 0 aliphatic rings. The molecule has 21 heavy (non-hydrogen) atoms. The first kappa shape index (κ1) is 13.3. The van der Waals surface area contributed by atoms with E-state index < -0.39 is 4.92 Å². The van der Waals surface area contributed by atoms with Crippen LogP contribution in [0.4, 0.5) is 5.69 Å². The molecule has 0 spiro atoms. The fourth-order valence-corrected chi connectivity index (χ4v) is 2.26. The highest BCUT2D eigenvalue weighted by atomic mass is 32.1. The lowest BCUT2D eigenvalue weighted by Crippen LogP contribution is -2.12. The Balaban J connectivity index is 2.11. The van der Waals surface area contributed by atoms with Gasteiger partial charge in [0.05, 0.1) is 4.92 Å². The van der Waals surface area contributed by atoms with Gasteiger partial charge in [-0.25, -0.2) is 4.68 Å². The Morgan fingerprint density at radius 3 is 2.62 bits per heavy atom. The second-order valence-electron chi connectivity index (χ2n) is 4.60. The van der Waals surface area contributed by atoms with Gasteiger partial charge in [-0.3, -0.25) is 10.1 Å². The maximum Gasteiger partial charge on any atom is 0.271 e. The highest BCUT2D eigenvalue weighted by Gasteiger charge is 2.14. The number of nitro benzene ring substituents is 1. The number of aromatic nitrogens is 3. The molecule has 0 fully saturated rings. The number of nitrogens with zero attached hydrogens (tertiary/aromatic N) is 4. The second-order valence-corrected chi connectivity index (χ2v) is 4.99. The number of benzene rings is 2. The highest BCUT2D eigenvalue weighted by Crippen LogP contribution is 2.20. The van der Waals surface area contributed by atoms with Crippen molar-refractivity contribution in [3.05, 3.63) is 63.7 Å². The molecule has 104 valence electrons. The summed E-state index contributed by atoms with van der Waals surface area (Å²) < 4.78 is 1.45. The van der Waals surface area contributed by atoms with E-state index in [1.807, 2.05) is 31.2 Å². The minimum atomic E-state index is -0.453. The first-order valence-corrected chi connectivity index (χ1v) is 6.58. The Morgan fingerprint density at radius 1 is 1.24 bits per heavy atom. The lowest BCUT2D eigenvalue weighted by atomic mass is 10.1. The molecule has 0 saturated carbocycles. The largest absolute Gasteiger partial charge is 0.271 e. The molecule has 0 radical (unpaired) electrons. The predicted molar refractivity (Wildman–Crippen MR) is 82.5 cm³/mol. The fraction of sp³-hybridized carbons (Fsp3) is 0.0714. The summed E-state index contributed by atoms with van der Waals surface area (Å²) in [5.41, 5.74) is 3.01. The van der Waals surface area contributed by atoms with Gasteiger partial charge < -0.3 is 0 Å². The third-order valence-corrected chi connectivity index (χ3v) is 3.54. The van der Waals surface area contributed by atoms with Crippen LogP contribution in [0, 0.1) is 17.0 Å². The van der Waals surface area contributed by atoms with Crippen molar-refractivity contribution in [1.29, 1.82) is 0 Å². The third kappa shape index (κ3) is 2.38. The SMILES string of the molecule is Cc1ccc(C(=S)n2nnc3ccc([N+](=O)[O-])cc32)cc1. The molecule has 6 nitrogen and oxygen atoms in total. The molecule has 0 atom stereocenters. The molecule has 0 saturated heterocycles. The lowest BCUT2D eigenvalue weighted by molar-refractivity contribution is -0.384. The van der Waals surface area contributed by atoms with Crippen LogP contribution in [0.3, 0.4) is 0 Å². The zero-order valence-electron chi connectivity index (χ0n) is 11.1. The summed E-state index contributed by atoms with van der Waals surface area (Å²) in [6.07, 6.45) is 0. The first-order valence-electron chi connectivity index (χ1n) is 6.17. The van der Waals surface area contributed by atoms with Gasteiger partial charge in [-0.1, -0.05) is 47.3 Å². The van der Waals surface area contributed by atoms with E-state index in [9.17, 15) is 10.1 Å². The quantitative estimate of drug-likeness (QED) is 0.413. The normalized spacial score (nSPS) is 10.7. The molecule has 0 aliphatic carbocycles. The molecule has 1 aromatic heterocycles. The molecule has 0 aliphatic heterocycles. The van der Waals surface area contributed by atoms with Crippen LogP contribution < -0.4 is 0 Å². The molecule has 3 aromatic rings. The van der Waals surface area contributed by atoms with Crippen molar-refractivity contribution in [3.63, 3.8) is 0 Å². The van der Waals surface area contributed by atoms with Crippen molar-refractivity contribution < 1.29 is 4.92 Å². The van der Waals surface area contributed by atoms with Gasteiger partial charge in [0.2, 0.25) is 0 Å². The summed E-state index contributed by atoms with van der Waals surface area (Å²) in [6, 6.07) is 12.1. The monoisotopic (exact) mass is 298 g/mol. The number of thiocarbonyl (C=S) groups is 1. The van der Waals surface area contributed by atoms with Crippen LogP contribution in [0.15, 0.2) is 42.5 Å². The summed E-state index contributed by atoms with van der Waals surface area (Å²) >= 11 is 5.41. The van der Waals surface area contributed by atoms with E-state index in [2.05, 4.69) is 10.3 Å². The van der Waals surface area contributed by atoms with Crippen LogP contribution in [0.2, 0.25) is 0 Å². The zero-order valence-corrected chi connectivity index (χ0v) is 11.9. The Bertz CT molecular complexity index is 855. The third-order valence-electron chi connectivity index (χ3n) is 3.13. The van der Waals surface area contributed by atoms with Crippen LogP contribution in [0.1, 0.15) is 11.1 Å². The van der Waals surface area contributed by atoms with Gasteiger partial charge in [-0.05, 0) is 13.0 Å². The van der Waals surface area contributed by atoms with Crippen LogP contribution >= 0.6 is 12.2 Å². The van der Waals surface area contributed by atoms with E-state index >= 15 is 0 Å². The van der Waals surface area contributed by atoms with Crippen LogP contribution in [-0.4, -0.2) is 24.9 Å². The molecule has 2 aromatic carbocycles. The van der Waals surface area contributed by atoms with Gasteiger partial charge >= 0.3 is 0 Å². The van der Waals surface area contributed by atoms with Crippen LogP contribution in [0.25, 0.3) is 11.0 Å². The number of hydrogen-bond donors (Lipinski definition) is 0. The minimum Gasteiger partial charge on any atom is -0.258 e. The standard InChI is InChI=1S/C14H10N4O2S/c1-9-2-4-10(5-3-9)14(21)17-13-8-11(18(19)20)6-7-12(13)15-16-17/h2-8H,1H3. The molecule has 3 rings (SSSR count). The maximum absolute atomic E-state index is 10.9. The van der Waals surface area contributed by atoms with Gasteiger partial charge in [0.25, 0.3) is 5.69 Å². The zero-order chi connectivity index (χ0) is 15.0. The van der Waals surface area contributed by atoms with Gasteiger partial charge in [0, 0.05) is 17.7 Å². The number of hydrogen-bond acceptors (Lipinski definition) is 5. The average Bonchev–Trinajstić information content (AvgIpc) is 2.90. The summed E-state index contributed by atoms with van der Waals surface area (Å²) in [6.45, 7) is 1.99. The average molecular weight is 298 g/mol. The highest BCUT2D eigenvalue weighted by molar-refractivity contribution is 7.80. The van der Waals surface area contributed by atoms with E-state index in [1.54, 1.807) is 6.07 Å². The number of nitro groups is 1. The van der Waals surface area contributed by atoms with Crippen molar-refractivity contribution in [3.8, 4) is 0 Å². The van der Waals surface area contributed by atoms with Crippen molar-refractivity contribution in [2.24, 2.45) is 0 Å². The first-order chi connectivity index (χ1) is 10.1. The smallest absolute Gasteiger partial charge is 0.258 e. The van der Waals surface area contributed by atoms with Crippen molar-refractivity contribution >= 4 is 33.9 Å². The number of non-ortho nitro benzene ring substituents is 1. The summed E-state index contributed by atoms with van der Waals surface area (Å²) in [5, 5.41) is 18.9. The minimum absolute atomic E-state index is 0.0160. The van der Waals surface area contributed by atoms with E-state index in [0.29, 0.717) is 16.0 Å². The molecular formula is C14H10N4O2S.